The first-order chi connectivity index (χ1) is 28.9. The number of carbonyl (C=O) groups is 2. The summed E-state index contributed by atoms with van der Waals surface area (Å²) < 4.78 is 27.5. The number of nitrogen functional groups attached to an aromatic ring is 2. The largest absolute Gasteiger partial charge is 0.424 e. The average Bonchev–Trinajstić information content (AvgIpc) is 3.64. The first kappa shape index (κ1) is 43.0. The third-order valence-corrected chi connectivity index (χ3v) is 9.80. The lowest BCUT2D eigenvalue weighted by atomic mass is 10.0. The van der Waals surface area contributed by atoms with E-state index < -0.39 is 0 Å². The van der Waals surface area contributed by atoms with Gasteiger partial charge in [-0.1, -0.05) is 0 Å². The first-order valence-electron chi connectivity index (χ1n) is 20.1. The molecule has 2 amide bonds. The minimum absolute atomic E-state index is 0.0535. The molecule has 20 nitrogen and oxygen atoms in total. The number of oxazole rings is 1. The van der Waals surface area contributed by atoms with E-state index in [9.17, 15) is 9.59 Å². The highest BCUT2D eigenvalue weighted by Crippen LogP contribution is 2.25. The van der Waals surface area contributed by atoms with Gasteiger partial charge >= 0.3 is 0 Å². The van der Waals surface area contributed by atoms with Crippen LogP contribution in [-0.2, 0) is 41.5 Å². The molecule has 0 spiro atoms. The van der Waals surface area contributed by atoms with Gasteiger partial charge in [-0.3, -0.25) is 15.0 Å². The van der Waals surface area contributed by atoms with E-state index in [1.807, 2.05) is 11.1 Å². The molecule has 0 saturated carbocycles. The first-order valence-corrected chi connectivity index (χ1v) is 20.1. The van der Waals surface area contributed by atoms with Gasteiger partial charge in [-0.05, 0) is 31.0 Å². The lowest BCUT2D eigenvalue weighted by molar-refractivity contribution is -0.132. The number of carbonyl (C=O) groups excluding carboxylic acids is 2. The van der Waals surface area contributed by atoms with Crippen molar-refractivity contribution in [3.63, 3.8) is 0 Å². The molecule has 2 aliphatic heterocycles. The Labute approximate surface area is 342 Å². The van der Waals surface area contributed by atoms with E-state index >= 15 is 0 Å². The number of nitrogens with one attached hydrogen (secondary N) is 4. The average molecular weight is 818 g/mol. The van der Waals surface area contributed by atoms with Crippen molar-refractivity contribution in [2.24, 2.45) is 0 Å². The predicted molar refractivity (Wildman–Crippen MR) is 220 cm³/mol. The molecule has 0 radical (unpaired) electrons. The van der Waals surface area contributed by atoms with Gasteiger partial charge in [0.05, 0.1) is 76.2 Å². The summed E-state index contributed by atoms with van der Waals surface area (Å²) in [5, 5.41) is 18.2. The zero-order chi connectivity index (χ0) is 41.2. The van der Waals surface area contributed by atoms with Crippen LogP contribution >= 0.6 is 0 Å². The Morgan fingerprint density at radius 1 is 0.864 bits per heavy atom. The van der Waals surface area contributed by atoms with E-state index in [0.29, 0.717) is 113 Å². The number of anilines is 4. The Morgan fingerprint density at radius 3 is 2.34 bits per heavy atom. The SMILES string of the molecule is N=C(c1ccc2oc(N)nc2c1)c1c(N)ncnc1NCCCCNC(=O)CCOCCOCCOCCOCCC(=O)N1CCN(c2ncc3c(n2)CCNC3)CC1. The Kier molecular flexibility index (Phi) is 16.5. The second kappa shape index (κ2) is 22.6. The van der Waals surface area contributed by atoms with Crippen molar-refractivity contribution in [3.05, 3.63) is 53.1 Å². The van der Waals surface area contributed by atoms with Crippen molar-refractivity contribution in [1.29, 1.82) is 5.41 Å². The second-order valence-electron chi connectivity index (χ2n) is 14.0. The standard InChI is InChI=1S/C39H55N13O7/c40-35(27-3-4-31-30(23-27)49-38(42)59-31)34-36(41)47-26-48-37(34)45-9-2-1-8-44-32(53)6-15-55-17-19-57-21-22-58-20-18-56-16-7-33(54)51-11-13-52(14-12-51)39-46-25-28-24-43-10-5-29(28)50-39/h3-4,23,25-26,40,43H,1-2,5-22,24H2,(H2,42,49)(H,44,53)(H3,41,45,47,48). The summed E-state index contributed by atoms with van der Waals surface area (Å²) in [7, 11) is 0. The Balaban J connectivity index is 0.707. The molecule has 6 rings (SSSR count). The van der Waals surface area contributed by atoms with E-state index in [2.05, 4.69) is 40.8 Å². The molecular formula is C39H55N13O7. The summed E-state index contributed by atoms with van der Waals surface area (Å²) in [6.45, 7) is 8.64. The maximum absolute atomic E-state index is 12.7. The van der Waals surface area contributed by atoms with Gasteiger partial charge in [0.2, 0.25) is 17.8 Å². The van der Waals surface area contributed by atoms with Crippen LogP contribution in [-0.4, -0.2) is 146 Å². The molecule has 5 heterocycles. The third-order valence-electron chi connectivity index (χ3n) is 9.80. The normalized spacial score (nSPS) is 14.0. The molecular weight excluding hydrogens is 763 g/mol. The number of piperazine rings is 1. The lowest BCUT2D eigenvalue weighted by Crippen LogP contribution is -2.49. The summed E-state index contributed by atoms with van der Waals surface area (Å²) in [6, 6.07) is 5.19. The van der Waals surface area contributed by atoms with Crippen LogP contribution in [0.25, 0.3) is 11.1 Å². The maximum Gasteiger partial charge on any atom is 0.292 e. The molecule has 4 aromatic rings. The van der Waals surface area contributed by atoms with Crippen LogP contribution in [0.5, 0.6) is 0 Å². The number of ether oxygens (including phenoxy) is 4. The van der Waals surface area contributed by atoms with E-state index in [0.717, 1.165) is 62.6 Å². The fourth-order valence-corrected chi connectivity index (χ4v) is 6.58. The fourth-order valence-electron chi connectivity index (χ4n) is 6.58. The van der Waals surface area contributed by atoms with E-state index in [1.165, 1.54) is 6.33 Å². The molecule has 1 fully saturated rings. The molecule has 0 unspecified atom stereocenters. The topological polar surface area (TPSA) is 267 Å². The predicted octanol–water partition coefficient (Wildman–Crippen LogP) is 1.14. The summed E-state index contributed by atoms with van der Waals surface area (Å²) in [5.41, 5.74) is 16.2. The molecule has 20 heteroatoms. The number of fused-ring (bicyclic) bond motifs is 2. The zero-order valence-corrected chi connectivity index (χ0v) is 33.4. The van der Waals surface area contributed by atoms with Gasteiger partial charge in [0.25, 0.3) is 6.01 Å². The van der Waals surface area contributed by atoms with Gasteiger partial charge in [-0.2, -0.15) is 4.98 Å². The molecule has 59 heavy (non-hydrogen) atoms. The molecule has 0 aliphatic carbocycles. The van der Waals surface area contributed by atoms with Crippen LogP contribution in [0.4, 0.5) is 23.6 Å². The quantitative estimate of drug-likeness (QED) is 0.0428. The van der Waals surface area contributed by atoms with Gasteiger partial charge in [0, 0.05) is 82.5 Å². The minimum atomic E-state index is -0.0860. The van der Waals surface area contributed by atoms with Crippen molar-refractivity contribution >= 4 is 52.2 Å². The third kappa shape index (κ3) is 13.0. The van der Waals surface area contributed by atoms with Gasteiger partial charge in [0.1, 0.15) is 23.5 Å². The van der Waals surface area contributed by atoms with Gasteiger partial charge < -0.3 is 60.6 Å². The van der Waals surface area contributed by atoms with Crippen molar-refractivity contribution < 1.29 is 33.0 Å². The van der Waals surface area contributed by atoms with Gasteiger partial charge in [-0.25, -0.2) is 19.9 Å². The highest BCUT2D eigenvalue weighted by atomic mass is 16.6. The van der Waals surface area contributed by atoms with Crippen LogP contribution in [0.1, 0.15) is 48.1 Å². The highest BCUT2D eigenvalue weighted by Gasteiger charge is 2.24. The molecule has 1 saturated heterocycles. The minimum Gasteiger partial charge on any atom is -0.424 e. The highest BCUT2D eigenvalue weighted by molar-refractivity contribution is 6.17. The molecule has 8 N–H and O–H groups in total. The lowest BCUT2D eigenvalue weighted by Gasteiger charge is -2.35. The number of amides is 2. The number of benzene rings is 1. The van der Waals surface area contributed by atoms with E-state index in [4.69, 9.17) is 45.2 Å². The number of hydrogen-bond acceptors (Lipinski definition) is 18. The molecule has 3 aromatic heterocycles. The number of aromatic nitrogens is 5. The monoisotopic (exact) mass is 817 g/mol. The van der Waals surface area contributed by atoms with Gasteiger partial charge in [-0.15, -0.1) is 0 Å². The molecule has 1 aromatic carbocycles. The fraction of sp³-hybridized carbons (Fsp3) is 0.538. The van der Waals surface area contributed by atoms with Crippen molar-refractivity contribution in [1.82, 2.24) is 40.5 Å². The van der Waals surface area contributed by atoms with Crippen LogP contribution in [0, 0.1) is 5.41 Å². The Morgan fingerprint density at radius 2 is 1.58 bits per heavy atom. The van der Waals surface area contributed by atoms with Crippen LogP contribution < -0.4 is 32.3 Å². The Hall–Kier alpha value is -5.54. The van der Waals surface area contributed by atoms with Crippen LogP contribution in [0.3, 0.4) is 0 Å². The number of hydrogen-bond donors (Lipinski definition) is 6. The van der Waals surface area contributed by atoms with Crippen LogP contribution in [0.2, 0.25) is 0 Å². The number of nitrogens with two attached hydrogens (primary N) is 2. The summed E-state index contributed by atoms with van der Waals surface area (Å²) >= 11 is 0. The molecule has 0 atom stereocenters. The number of rotatable bonds is 24. The smallest absolute Gasteiger partial charge is 0.292 e. The van der Waals surface area contributed by atoms with Crippen molar-refractivity contribution in [2.75, 3.05) is 120 Å². The van der Waals surface area contributed by atoms with E-state index in [1.54, 1.807) is 18.2 Å². The second-order valence-corrected chi connectivity index (χ2v) is 14.0. The molecule has 2 aliphatic rings. The number of unbranched alkanes of at least 4 members (excludes halogenated alkanes) is 1. The summed E-state index contributed by atoms with van der Waals surface area (Å²) in [6.07, 6.45) is 6.26. The molecule has 318 valence electrons. The van der Waals surface area contributed by atoms with Crippen molar-refractivity contribution in [3.8, 4) is 0 Å². The zero-order valence-electron chi connectivity index (χ0n) is 33.4. The molecule has 0 bridgehead atoms. The van der Waals surface area contributed by atoms with E-state index in [-0.39, 0.29) is 35.8 Å². The van der Waals surface area contributed by atoms with Crippen molar-refractivity contribution in [2.45, 2.75) is 38.6 Å². The summed E-state index contributed by atoms with van der Waals surface area (Å²) in [4.78, 5) is 50.7. The number of nitrogens with zero attached hydrogens (tertiary/aromatic N) is 7. The summed E-state index contributed by atoms with van der Waals surface area (Å²) in [5.74, 6) is 1.38. The van der Waals surface area contributed by atoms with Gasteiger partial charge in [0.15, 0.2) is 5.58 Å². The maximum atomic E-state index is 12.7. The Bertz CT molecular complexity index is 1990. The van der Waals surface area contributed by atoms with Crippen LogP contribution in [0.15, 0.2) is 35.1 Å².